The van der Waals surface area contributed by atoms with Crippen LogP contribution in [0.4, 0.5) is 0 Å². The van der Waals surface area contributed by atoms with Crippen LogP contribution in [0.25, 0.3) is 0 Å². The Morgan fingerprint density at radius 3 is 2.53 bits per heavy atom. The van der Waals surface area contributed by atoms with Crippen LogP contribution >= 0.6 is 0 Å². The fraction of sp³-hybridized carbons (Fsp3) is 0.867. The van der Waals surface area contributed by atoms with Gasteiger partial charge in [0.25, 0.3) is 0 Å². The summed E-state index contributed by atoms with van der Waals surface area (Å²) >= 11 is 0. The largest absolute Gasteiger partial charge is 0.326 e. The summed E-state index contributed by atoms with van der Waals surface area (Å²) in [6.45, 7) is 7.77. The molecule has 0 saturated carbocycles. The Hall–Kier alpha value is -0.340. The molecule has 0 bridgehead atoms. The third kappa shape index (κ3) is 3.32. The smallest absolute Gasteiger partial charge is 0.128 e. The molecule has 0 spiro atoms. The topological polar surface area (TPSA) is 0 Å². The maximum Gasteiger partial charge on any atom is 0.128 e. The van der Waals surface area contributed by atoms with Crippen LogP contribution in [0, 0.1) is 11.8 Å². The standard InChI is InChI=1S/C15H30N2/c1-13-6-7-14-11-17(5,12-15(14)10-13)9-8-16(2,3)4/h6,14-15H,7-12H2,1-5H3/q+2/t14-,15+,17?/m1/s1. The minimum atomic E-state index is 0.969. The second-order valence-corrected chi connectivity index (χ2v) is 7.73. The Balaban J connectivity index is 1.93. The average molecular weight is 238 g/mol. The molecule has 2 aliphatic rings. The lowest BCUT2D eigenvalue weighted by Crippen LogP contribution is -2.50. The summed E-state index contributed by atoms with van der Waals surface area (Å²) in [4.78, 5) is 0. The molecular formula is C15H30N2+2. The maximum atomic E-state index is 2.48. The number of hydrogen-bond acceptors (Lipinski definition) is 0. The van der Waals surface area contributed by atoms with E-state index in [1.165, 1.54) is 43.5 Å². The van der Waals surface area contributed by atoms with Crippen molar-refractivity contribution in [1.29, 1.82) is 0 Å². The van der Waals surface area contributed by atoms with Crippen molar-refractivity contribution in [1.82, 2.24) is 0 Å². The summed E-state index contributed by atoms with van der Waals surface area (Å²) in [5, 5.41) is 0. The second kappa shape index (κ2) is 4.40. The lowest BCUT2D eigenvalue weighted by molar-refractivity contribution is -0.943. The molecule has 0 aromatic heterocycles. The number of rotatable bonds is 3. The first kappa shape index (κ1) is 13.1. The number of likely N-dealkylation sites (tertiary alicyclic amines) is 1. The van der Waals surface area contributed by atoms with Crippen LogP contribution in [0.1, 0.15) is 19.8 Å². The van der Waals surface area contributed by atoms with Crippen LogP contribution in [-0.4, -0.2) is 63.3 Å². The van der Waals surface area contributed by atoms with Crippen LogP contribution in [-0.2, 0) is 0 Å². The molecule has 1 unspecified atom stereocenters. The minimum Gasteiger partial charge on any atom is -0.326 e. The highest BCUT2D eigenvalue weighted by Crippen LogP contribution is 2.38. The van der Waals surface area contributed by atoms with E-state index in [1.807, 2.05) is 0 Å². The molecule has 1 fully saturated rings. The molecule has 17 heavy (non-hydrogen) atoms. The van der Waals surface area contributed by atoms with E-state index in [1.54, 1.807) is 5.57 Å². The first-order valence-corrected chi connectivity index (χ1v) is 7.07. The van der Waals surface area contributed by atoms with E-state index < -0.39 is 0 Å². The molecule has 0 aromatic carbocycles. The molecule has 1 aliphatic heterocycles. The van der Waals surface area contributed by atoms with Gasteiger partial charge in [-0.1, -0.05) is 11.6 Å². The highest BCUT2D eigenvalue weighted by Gasteiger charge is 2.43. The highest BCUT2D eigenvalue weighted by molar-refractivity contribution is 5.06. The number of nitrogens with zero attached hydrogens (tertiary/aromatic N) is 2. The SMILES string of the molecule is CC1=CC[C@@H]2C[N+](C)(CC[N+](C)(C)C)C[C@@H]2C1. The van der Waals surface area contributed by atoms with Crippen molar-refractivity contribution in [2.45, 2.75) is 19.8 Å². The predicted molar refractivity (Wildman–Crippen MR) is 73.7 cm³/mol. The zero-order chi connectivity index (χ0) is 12.7. The van der Waals surface area contributed by atoms with Gasteiger partial charge in [0.2, 0.25) is 0 Å². The fourth-order valence-corrected chi connectivity index (χ4v) is 3.58. The lowest BCUT2D eigenvalue weighted by Gasteiger charge is -2.33. The van der Waals surface area contributed by atoms with Gasteiger partial charge in [0.05, 0.1) is 41.3 Å². The fourth-order valence-electron chi connectivity index (χ4n) is 3.58. The summed E-state index contributed by atoms with van der Waals surface area (Å²) in [6, 6.07) is 0. The van der Waals surface area contributed by atoms with E-state index in [0.29, 0.717) is 0 Å². The average Bonchev–Trinajstić information content (AvgIpc) is 2.51. The predicted octanol–water partition coefficient (Wildman–Crippen LogP) is 2.13. The molecule has 1 saturated heterocycles. The third-order valence-corrected chi connectivity index (χ3v) is 4.68. The van der Waals surface area contributed by atoms with Crippen LogP contribution in [0.2, 0.25) is 0 Å². The Labute approximate surface area is 107 Å². The second-order valence-electron chi connectivity index (χ2n) is 7.73. The summed E-state index contributed by atoms with van der Waals surface area (Å²) in [5.74, 6) is 1.94. The summed E-state index contributed by atoms with van der Waals surface area (Å²) in [6.07, 6.45) is 5.19. The van der Waals surface area contributed by atoms with E-state index in [0.717, 1.165) is 16.3 Å². The summed E-state index contributed by atoms with van der Waals surface area (Å²) in [7, 11) is 9.40. The number of hydrogen-bond donors (Lipinski definition) is 0. The van der Waals surface area contributed by atoms with Gasteiger partial charge >= 0.3 is 0 Å². The monoisotopic (exact) mass is 238 g/mol. The number of fused-ring (bicyclic) bond motifs is 1. The molecular weight excluding hydrogens is 208 g/mol. The summed E-state index contributed by atoms with van der Waals surface area (Å²) in [5.41, 5.74) is 1.63. The zero-order valence-corrected chi connectivity index (χ0v) is 12.4. The molecule has 0 amide bonds. The normalized spacial score (nSPS) is 37.8. The highest BCUT2D eigenvalue weighted by atomic mass is 15.4. The molecule has 98 valence electrons. The van der Waals surface area contributed by atoms with Crippen molar-refractivity contribution in [3.8, 4) is 0 Å². The first-order valence-electron chi connectivity index (χ1n) is 7.07. The van der Waals surface area contributed by atoms with Gasteiger partial charge in [-0.25, -0.2) is 0 Å². The van der Waals surface area contributed by atoms with Crippen LogP contribution in [0.3, 0.4) is 0 Å². The number of quaternary nitrogens is 2. The quantitative estimate of drug-likeness (QED) is 0.522. The lowest BCUT2D eigenvalue weighted by atomic mass is 9.83. The van der Waals surface area contributed by atoms with Crippen LogP contribution in [0.15, 0.2) is 11.6 Å². The van der Waals surface area contributed by atoms with Gasteiger partial charge in [-0.3, -0.25) is 0 Å². The third-order valence-electron chi connectivity index (χ3n) is 4.68. The van der Waals surface area contributed by atoms with Crippen molar-refractivity contribution in [3.05, 3.63) is 11.6 Å². The van der Waals surface area contributed by atoms with Crippen molar-refractivity contribution in [2.24, 2.45) is 11.8 Å². The molecule has 3 atom stereocenters. The number of allylic oxidation sites excluding steroid dienone is 2. The van der Waals surface area contributed by atoms with Crippen molar-refractivity contribution < 1.29 is 8.97 Å². The van der Waals surface area contributed by atoms with Gasteiger partial charge in [-0.05, 0) is 19.8 Å². The Kier molecular flexibility index (Phi) is 3.39. The van der Waals surface area contributed by atoms with E-state index in [4.69, 9.17) is 0 Å². The van der Waals surface area contributed by atoms with Gasteiger partial charge < -0.3 is 8.97 Å². The van der Waals surface area contributed by atoms with Gasteiger partial charge in [-0.15, -0.1) is 0 Å². The van der Waals surface area contributed by atoms with Crippen molar-refractivity contribution in [3.63, 3.8) is 0 Å². The van der Waals surface area contributed by atoms with Crippen LogP contribution < -0.4 is 0 Å². The Morgan fingerprint density at radius 2 is 1.88 bits per heavy atom. The molecule has 0 radical (unpaired) electrons. The zero-order valence-electron chi connectivity index (χ0n) is 12.4. The molecule has 1 heterocycles. The van der Waals surface area contributed by atoms with E-state index in [2.05, 4.69) is 41.2 Å². The van der Waals surface area contributed by atoms with E-state index >= 15 is 0 Å². The minimum absolute atomic E-state index is 0.969. The molecule has 0 aromatic rings. The van der Waals surface area contributed by atoms with Crippen LogP contribution in [0.5, 0.6) is 0 Å². The molecule has 2 rings (SSSR count). The molecule has 0 N–H and O–H groups in total. The van der Waals surface area contributed by atoms with E-state index in [-0.39, 0.29) is 0 Å². The molecule has 2 nitrogen and oxygen atoms in total. The molecule has 2 heteroatoms. The van der Waals surface area contributed by atoms with Crippen molar-refractivity contribution >= 4 is 0 Å². The van der Waals surface area contributed by atoms with Crippen molar-refractivity contribution in [2.75, 3.05) is 54.4 Å². The Bertz CT molecular complexity index is 313. The Morgan fingerprint density at radius 1 is 1.24 bits per heavy atom. The number of likely N-dealkylation sites (N-methyl/N-ethyl adjacent to an activating group) is 2. The van der Waals surface area contributed by atoms with Gasteiger partial charge in [0, 0.05) is 11.8 Å². The molecule has 1 aliphatic carbocycles. The maximum absolute atomic E-state index is 2.48. The van der Waals surface area contributed by atoms with Gasteiger partial charge in [0.1, 0.15) is 13.1 Å². The first-order chi connectivity index (χ1) is 7.77. The van der Waals surface area contributed by atoms with E-state index in [9.17, 15) is 0 Å². The van der Waals surface area contributed by atoms with Gasteiger partial charge in [0.15, 0.2) is 0 Å². The van der Waals surface area contributed by atoms with Gasteiger partial charge in [-0.2, -0.15) is 0 Å². The summed E-state index contributed by atoms with van der Waals surface area (Å²) < 4.78 is 2.41.